The lowest BCUT2D eigenvalue weighted by atomic mass is 10.1. The lowest BCUT2D eigenvalue weighted by molar-refractivity contribution is 0.0458. The van der Waals surface area contributed by atoms with Crippen LogP contribution in [0.1, 0.15) is 305 Å². The van der Waals surface area contributed by atoms with Crippen LogP contribution in [0.2, 0.25) is 0 Å². The fourth-order valence-electron chi connectivity index (χ4n) is 9.44. The maximum Gasteiger partial charge on any atom is 0.338 e. The maximum absolute atomic E-state index is 13.3. The molecule has 0 fully saturated rings. The predicted molar refractivity (Wildman–Crippen MR) is 287 cm³/mol. The van der Waals surface area contributed by atoms with Gasteiger partial charge in [0.25, 0.3) is 0 Å². The molecule has 1 aromatic carbocycles. The van der Waals surface area contributed by atoms with Crippen LogP contribution in [0.5, 0.6) is 0 Å². The zero-order valence-corrected chi connectivity index (χ0v) is 44.8. The minimum atomic E-state index is -0.360. The van der Waals surface area contributed by atoms with Gasteiger partial charge >= 0.3 is 11.9 Å². The summed E-state index contributed by atoms with van der Waals surface area (Å²) >= 11 is 0. The Morgan fingerprint density at radius 2 is 0.530 bits per heavy atom. The first-order chi connectivity index (χ1) is 32.5. The van der Waals surface area contributed by atoms with Crippen molar-refractivity contribution in [3.05, 3.63) is 35.4 Å². The molecule has 0 heterocycles. The number of carbonyl (C=O) groups excluding carboxylic acids is 2. The normalized spacial score (nSPS) is 11.6. The van der Waals surface area contributed by atoms with Crippen molar-refractivity contribution in [1.82, 2.24) is 9.80 Å². The van der Waals surface area contributed by atoms with E-state index >= 15 is 0 Å². The molecule has 66 heavy (non-hydrogen) atoms. The number of nitrogens with zero attached hydrogens (tertiary/aromatic N) is 2. The predicted octanol–water partition coefficient (Wildman–Crippen LogP) is 18.3. The molecule has 0 aliphatic rings. The number of carbonyl (C=O) groups is 2. The topological polar surface area (TPSA) is 59.1 Å². The van der Waals surface area contributed by atoms with Crippen molar-refractivity contribution in [3.63, 3.8) is 0 Å². The molecule has 0 atom stereocenters. The van der Waals surface area contributed by atoms with Crippen LogP contribution in [0.25, 0.3) is 0 Å². The molecule has 0 N–H and O–H groups in total. The first-order valence-corrected chi connectivity index (χ1v) is 29.4. The van der Waals surface area contributed by atoms with E-state index in [-0.39, 0.29) is 11.9 Å². The van der Waals surface area contributed by atoms with Crippen LogP contribution in [-0.4, -0.2) is 74.2 Å². The largest absolute Gasteiger partial charge is 0.461 e. The van der Waals surface area contributed by atoms with Gasteiger partial charge in [-0.25, -0.2) is 9.59 Å². The van der Waals surface area contributed by atoms with Crippen LogP contribution in [0, 0.1) is 0 Å². The van der Waals surface area contributed by atoms with Gasteiger partial charge in [0.05, 0.1) is 11.1 Å². The van der Waals surface area contributed by atoms with E-state index in [9.17, 15) is 9.59 Å². The number of hydrogen-bond donors (Lipinski definition) is 0. The Hall–Kier alpha value is -1.92. The fourth-order valence-corrected chi connectivity index (χ4v) is 9.44. The van der Waals surface area contributed by atoms with Crippen molar-refractivity contribution < 1.29 is 19.1 Å². The summed E-state index contributed by atoms with van der Waals surface area (Å²) in [6, 6.07) is 6.94. The summed E-state index contributed by atoms with van der Waals surface area (Å²) in [5.74, 6) is -0.719. The van der Waals surface area contributed by atoms with Gasteiger partial charge in [0, 0.05) is 13.1 Å². The Labute approximate surface area is 411 Å². The molecule has 0 amide bonds. The lowest BCUT2D eigenvalue weighted by Crippen LogP contribution is -2.30. The number of ether oxygens (including phenoxy) is 2. The Bertz CT molecular complexity index is 1040. The Morgan fingerprint density at radius 3 is 0.758 bits per heavy atom. The van der Waals surface area contributed by atoms with E-state index in [1.807, 2.05) is 0 Å². The van der Waals surface area contributed by atoms with E-state index in [4.69, 9.17) is 9.47 Å². The molecule has 0 aromatic heterocycles. The van der Waals surface area contributed by atoms with E-state index in [2.05, 4.69) is 37.5 Å². The van der Waals surface area contributed by atoms with E-state index in [1.54, 1.807) is 24.3 Å². The molecular weight excluding hydrogens is 813 g/mol. The Morgan fingerprint density at radius 1 is 0.318 bits per heavy atom. The van der Waals surface area contributed by atoms with E-state index in [0.717, 1.165) is 39.3 Å². The van der Waals surface area contributed by atoms with Gasteiger partial charge in [-0.3, -0.25) is 9.80 Å². The summed E-state index contributed by atoms with van der Waals surface area (Å²) in [4.78, 5) is 31.6. The van der Waals surface area contributed by atoms with Crippen LogP contribution in [-0.2, 0) is 9.47 Å². The molecular formula is C60H112N2O4. The summed E-state index contributed by atoms with van der Waals surface area (Å²) in [6.07, 6.45) is 53.6. The molecule has 0 radical (unpaired) electrons. The molecule has 6 heteroatoms. The van der Waals surface area contributed by atoms with Crippen molar-refractivity contribution >= 4 is 11.9 Å². The molecule has 0 unspecified atom stereocenters. The summed E-state index contributed by atoms with van der Waals surface area (Å²) in [5.41, 5.74) is 0.841. The smallest absolute Gasteiger partial charge is 0.338 e. The fraction of sp³-hybridized carbons (Fsp3) is 0.867. The van der Waals surface area contributed by atoms with E-state index in [0.29, 0.717) is 24.3 Å². The highest BCUT2D eigenvalue weighted by atomic mass is 16.5. The standard InChI is InChI=1S/C60H112N2O4/c1-5-9-13-17-21-25-29-33-37-41-48-61(49-42-38-34-30-26-22-18-14-10-6-2)52-54-65-59(63)57-46-45-47-58(56-57)60(64)66-55-53-62(50-43-39-35-31-27-23-19-15-11-7-3)51-44-40-36-32-28-24-20-16-12-8-4/h45-47,56H,5-44,48-55H2,1-4H3. The minimum Gasteiger partial charge on any atom is -0.461 e. The van der Waals surface area contributed by atoms with Crippen LogP contribution in [0.4, 0.5) is 0 Å². The average Bonchev–Trinajstić information content (AvgIpc) is 3.33. The first-order valence-electron chi connectivity index (χ1n) is 29.4. The van der Waals surface area contributed by atoms with Gasteiger partial charge in [0.2, 0.25) is 0 Å². The second kappa shape index (κ2) is 49.5. The van der Waals surface area contributed by atoms with Crippen LogP contribution in [0.3, 0.4) is 0 Å². The summed E-state index contributed by atoms with van der Waals surface area (Å²) < 4.78 is 11.7. The molecule has 0 bridgehead atoms. The third-order valence-electron chi connectivity index (χ3n) is 13.9. The highest BCUT2D eigenvalue weighted by Crippen LogP contribution is 2.16. The Kier molecular flexibility index (Phi) is 46.6. The second-order valence-electron chi connectivity index (χ2n) is 20.3. The van der Waals surface area contributed by atoms with Crippen molar-refractivity contribution in [2.75, 3.05) is 52.5 Å². The second-order valence-corrected chi connectivity index (χ2v) is 20.3. The third kappa shape index (κ3) is 40.0. The van der Waals surface area contributed by atoms with Gasteiger partial charge in [-0.2, -0.15) is 0 Å². The van der Waals surface area contributed by atoms with Crippen molar-refractivity contribution in [2.45, 2.75) is 285 Å². The summed E-state index contributed by atoms with van der Waals surface area (Å²) in [5, 5.41) is 0. The SMILES string of the molecule is CCCCCCCCCCCCN(CCCCCCCCCCCC)CCOC(=O)c1cccc(C(=O)OCCN(CCCCCCCCCCCC)CCCCCCCCCCCC)c1. The number of rotatable bonds is 52. The number of unbranched alkanes of at least 4 members (excludes halogenated alkanes) is 36. The third-order valence-corrected chi connectivity index (χ3v) is 13.9. The van der Waals surface area contributed by atoms with Gasteiger partial charge in [-0.15, -0.1) is 0 Å². The molecule has 0 spiro atoms. The zero-order valence-electron chi connectivity index (χ0n) is 44.8. The van der Waals surface area contributed by atoms with E-state index < -0.39 is 0 Å². The number of hydrogen-bond acceptors (Lipinski definition) is 6. The number of esters is 2. The Balaban J connectivity index is 2.58. The zero-order chi connectivity index (χ0) is 47.6. The lowest BCUT2D eigenvalue weighted by Gasteiger charge is -2.22. The molecule has 386 valence electrons. The van der Waals surface area contributed by atoms with Gasteiger partial charge in [0.15, 0.2) is 0 Å². The van der Waals surface area contributed by atoms with Crippen LogP contribution >= 0.6 is 0 Å². The van der Waals surface area contributed by atoms with Gasteiger partial charge in [0.1, 0.15) is 13.2 Å². The maximum atomic E-state index is 13.3. The quantitative estimate of drug-likeness (QED) is 0.0479. The van der Waals surface area contributed by atoms with E-state index in [1.165, 1.54) is 257 Å². The molecule has 0 aliphatic heterocycles. The highest BCUT2D eigenvalue weighted by molar-refractivity contribution is 5.95. The molecule has 6 nitrogen and oxygen atoms in total. The monoisotopic (exact) mass is 925 g/mol. The number of benzene rings is 1. The van der Waals surface area contributed by atoms with Crippen molar-refractivity contribution in [3.8, 4) is 0 Å². The molecule has 1 aromatic rings. The van der Waals surface area contributed by atoms with Crippen LogP contribution in [0.15, 0.2) is 24.3 Å². The van der Waals surface area contributed by atoms with Crippen LogP contribution < -0.4 is 0 Å². The molecule has 0 saturated carbocycles. The van der Waals surface area contributed by atoms with Gasteiger partial charge in [-0.05, 0) is 70.1 Å². The summed E-state index contributed by atoms with van der Waals surface area (Å²) in [6.45, 7) is 15.7. The molecule has 1 rings (SSSR count). The first kappa shape index (κ1) is 62.1. The van der Waals surface area contributed by atoms with Crippen molar-refractivity contribution in [1.29, 1.82) is 0 Å². The van der Waals surface area contributed by atoms with Gasteiger partial charge in [-0.1, -0.05) is 265 Å². The molecule has 0 saturated heterocycles. The van der Waals surface area contributed by atoms with Crippen molar-refractivity contribution in [2.24, 2.45) is 0 Å². The summed E-state index contributed by atoms with van der Waals surface area (Å²) in [7, 11) is 0. The van der Waals surface area contributed by atoms with Gasteiger partial charge < -0.3 is 9.47 Å². The highest BCUT2D eigenvalue weighted by Gasteiger charge is 2.15. The average molecular weight is 926 g/mol. The molecule has 0 aliphatic carbocycles. The minimum absolute atomic E-state index is 0.360.